The predicted octanol–water partition coefficient (Wildman–Crippen LogP) is 2.69. The zero-order valence-corrected chi connectivity index (χ0v) is 9.61. The van der Waals surface area contributed by atoms with Crippen LogP contribution < -0.4 is 10.5 Å². The molecule has 0 amide bonds. The fraction of sp³-hybridized carbons (Fsp3) is 0.100. The van der Waals surface area contributed by atoms with Crippen LogP contribution >= 0.6 is 15.9 Å². The van der Waals surface area contributed by atoms with Crippen molar-refractivity contribution in [2.75, 3.05) is 12.8 Å². The molecule has 2 rings (SSSR count). The number of rotatable bonds is 2. The minimum atomic E-state index is 0.164. The van der Waals surface area contributed by atoms with Gasteiger partial charge in [0.1, 0.15) is 17.7 Å². The van der Waals surface area contributed by atoms with Crippen LogP contribution in [0.5, 0.6) is 5.75 Å². The highest BCUT2D eigenvalue weighted by Gasteiger charge is 2.06. The van der Waals surface area contributed by atoms with Crippen LogP contribution in [-0.2, 0) is 0 Å². The van der Waals surface area contributed by atoms with Gasteiger partial charge >= 0.3 is 0 Å². The lowest BCUT2D eigenvalue weighted by Gasteiger charge is -2.03. The molecule has 1 aromatic heterocycles. The zero-order chi connectivity index (χ0) is 10.8. The summed E-state index contributed by atoms with van der Waals surface area (Å²) >= 11 is 3.40. The van der Waals surface area contributed by atoms with Crippen molar-refractivity contribution in [3.8, 4) is 17.0 Å². The molecule has 0 fully saturated rings. The average molecular weight is 269 g/mol. The number of aromatic nitrogens is 1. The quantitative estimate of drug-likeness (QED) is 0.910. The van der Waals surface area contributed by atoms with Crippen molar-refractivity contribution in [1.82, 2.24) is 4.98 Å². The molecule has 78 valence electrons. The van der Waals surface area contributed by atoms with E-state index >= 15 is 0 Å². The standard InChI is InChI=1S/C10H9BrN2O2/c1-14-9-3-2-6(4-7(9)11)8-5-15-10(12)13-8/h2-5H,1H3,(H2,12,13). The highest BCUT2D eigenvalue weighted by molar-refractivity contribution is 9.10. The third-order valence-electron chi connectivity index (χ3n) is 1.97. The molecule has 0 aliphatic heterocycles. The molecule has 0 aliphatic rings. The van der Waals surface area contributed by atoms with Gasteiger partial charge in [0.05, 0.1) is 11.6 Å². The molecule has 0 aliphatic carbocycles. The molecule has 4 nitrogen and oxygen atoms in total. The van der Waals surface area contributed by atoms with Gasteiger partial charge in [-0.1, -0.05) is 0 Å². The molecule has 2 N–H and O–H groups in total. The van der Waals surface area contributed by atoms with E-state index in [4.69, 9.17) is 14.9 Å². The van der Waals surface area contributed by atoms with Gasteiger partial charge in [0.2, 0.25) is 0 Å². The molecular weight excluding hydrogens is 260 g/mol. The molecule has 0 bridgehead atoms. The molecule has 0 atom stereocenters. The SMILES string of the molecule is COc1ccc(-c2coc(N)n2)cc1Br. The van der Waals surface area contributed by atoms with E-state index in [1.165, 1.54) is 6.26 Å². The van der Waals surface area contributed by atoms with Gasteiger partial charge in [-0.2, -0.15) is 4.98 Å². The second-order valence-electron chi connectivity index (χ2n) is 2.92. The molecule has 2 aromatic rings. The van der Waals surface area contributed by atoms with Crippen molar-refractivity contribution in [3.63, 3.8) is 0 Å². The lowest BCUT2D eigenvalue weighted by Crippen LogP contribution is -1.86. The Labute approximate surface area is 95.2 Å². The number of nitrogens with two attached hydrogens (primary N) is 1. The van der Waals surface area contributed by atoms with Crippen molar-refractivity contribution < 1.29 is 9.15 Å². The summed E-state index contributed by atoms with van der Waals surface area (Å²) in [4.78, 5) is 4.03. The van der Waals surface area contributed by atoms with E-state index in [0.29, 0.717) is 5.69 Å². The Bertz CT molecular complexity index is 482. The van der Waals surface area contributed by atoms with Crippen LogP contribution in [0.25, 0.3) is 11.3 Å². The first kappa shape index (κ1) is 10.0. The predicted molar refractivity (Wildman–Crippen MR) is 60.6 cm³/mol. The summed E-state index contributed by atoms with van der Waals surface area (Å²) in [6, 6.07) is 5.80. The summed E-state index contributed by atoms with van der Waals surface area (Å²) in [6.07, 6.45) is 1.52. The average Bonchev–Trinajstić information content (AvgIpc) is 2.65. The van der Waals surface area contributed by atoms with Crippen LogP contribution in [0.3, 0.4) is 0 Å². The number of nitrogens with zero attached hydrogens (tertiary/aromatic N) is 1. The first-order valence-corrected chi connectivity index (χ1v) is 5.05. The fourth-order valence-electron chi connectivity index (χ4n) is 1.25. The lowest BCUT2D eigenvalue weighted by molar-refractivity contribution is 0.412. The monoisotopic (exact) mass is 268 g/mol. The van der Waals surface area contributed by atoms with E-state index in [-0.39, 0.29) is 6.01 Å². The van der Waals surface area contributed by atoms with Crippen LogP contribution in [0.1, 0.15) is 0 Å². The van der Waals surface area contributed by atoms with Gasteiger partial charge in [0.25, 0.3) is 6.01 Å². The fourth-order valence-corrected chi connectivity index (χ4v) is 1.79. The Kier molecular flexibility index (Phi) is 2.64. The summed E-state index contributed by atoms with van der Waals surface area (Å²) in [6.45, 7) is 0. The molecular formula is C10H9BrN2O2. The smallest absolute Gasteiger partial charge is 0.292 e. The van der Waals surface area contributed by atoms with E-state index in [0.717, 1.165) is 15.8 Å². The molecule has 5 heteroatoms. The lowest BCUT2D eigenvalue weighted by atomic mass is 10.2. The molecule has 1 aromatic carbocycles. The molecule has 1 heterocycles. The summed E-state index contributed by atoms with van der Waals surface area (Å²) in [5.41, 5.74) is 7.02. The van der Waals surface area contributed by atoms with Crippen molar-refractivity contribution in [1.29, 1.82) is 0 Å². The Hall–Kier alpha value is -1.49. The summed E-state index contributed by atoms with van der Waals surface area (Å²) in [7, 11) is 1.62. The maximum Gasteiger partial charge on any atom is 0.292 e. The van der Waals surface area contributed by atoms with Gasteiger partial charge in [-0.05, 0) is 34.1 Å². The van der Waals surface area contributed by atoms with E-state index in [2.05, 4.69) is 20.9 Å². The first-order chi connectivity index (χ1) is 7.20. The van der Waals surface area contributed by atoms with Gasteiger partial charge in [-0.15, -0.1) is 0 Å². The maximum atomic E-state index is 5.40. The topological polar surface area (TPSA) is 61.3 Å². The van der Waals surface area contributed by atoms with Gasteiger partial charge in [-0.25, -0.2) is 0 Å². The van der Waals surface area contributed by atoms with Crippen molar-refractivity contribution in [3.05, 3.63) is 28.9 Å². The Morgan fingerprint density at radius 3 is 2.80 bits per heavy atom. The zero-order valence-electron chi connectivity index (χ0n) is 8.03. The molecule has 0 saturated carbocycles. The highest BCUT2D eigenvalue weighted by Crippen LogP contribution is 2.30. The van der Waals surface area contributed by atoms with E-state index in [9.17, 15) is 0 Å². The molecule has 0 unspecified atom stereocenters. The Balaban J connectivity index is 2.42. The number of oxazole rings is 1. The summed E-state index contributed by atoms with van der Waals surface area (Å²) in [5, 5.41) is 0. The number of halogens is 1. The Morgan fingerprint density at radius 1 is 1.47 bits per heavy atom. The van der Waals surface area contributed by atoms with Gasteiger partial charge in [0, 0.05) is 5.56 Å². The summed E-state index contributed by atoms with van der Waals surface area (Å²) in [5.74, 6) is 0.773. The second-order valence-corrected chi connectivity index (χ2v) is 3.77. The number of nitrogen functional groups attached to an aromatic ring is 1. The van der Waals surface area contributed by atoms with Crippen LogP contribution in [0.4, 0.5) is 6.01 Å². The van der Waals surface area contributed by atoms with Crippen LogP contribution in [0.2, 0.25) is 0 Å². The largest absolute Gasteiger partial charge is 0.496 e. The third-order valence-corrected chi connectivity index (χ3v) is 2.59. The van der Waals surface area contributed by atoms with E-state index in [1.807, 2.05) is 18.2 Å². The minimum Gasteiger partial charge on any atom is -0.496 e. The third kappa shape index (κ3) is 1.97. The van der Waals surface area contributed by atoms with Gasteiger partial charge < -0.3 is 14.9 Å². The van der Waals surface area contributed by atoms with Crippen LogP contribution in [0.15, 0.2) is 33.4 Å². The maximum absolute atomic E-state index is 5.40. The summed E-state index contributed by atoms with van der Waals surface area (Å²) < 4.78 is 10.9. The minimum absolute atomic E-state index is 0.164. The van der Waals surface area contributed by atoms with Gasteiger partial charge in [-0.3, -0.25) is 0 Å². The van der Waals surface area contributed by atoms with E-state index in [1.54, 1.807) is 7.11 Å². The molecule has 0 saturated heterocycles. The first-order valence-electron chi connectivity index (χ1n) is 4.25. The number of ether oxygens (including phenoxy) is 1. The molecule has 0 radical (unpaired) electrons. The van der Waals surface area contributed by atoms with Crippen LogP contribution in [-0.4, -0.2) is 12.1 Å². The second kappa shape index (κ2) is 3.94. The van der Waals surface area contributed by atoms with Crippen molar-refractivity contribution in [2.45, 2.75) is 0 Å². The normalized spacial score (nSPS) is 10.3. The van der Waals surface area contributed by atoms with Crippen LogP contribution in [0, 0.1) is 0 Å². The number of hydrogen-bond acceptors (Lipinski definition) is 4. The number of benzene rings is 1. The molecule has 0 spiro atoms. The Morgan fingerprint density at radius 2 is 2.27 bits per heavy atom. The van der Waals surface area contributed by atoms with Crippen molar-refractivity contribution >= 4 is 21.9 Å². The highest BCUT2D eigenvalue weighted by atomic mass is 79.9. The van der Waals surface area contributed by atoms with Gasteiger partial charge in [0.15, 0.2) is 0 Å². The van der Waals surface area contributed by atoms with Crippen molar-refractivity contribution in [2.24, 2.45) is 0 Å². The number of anilines is 1. The van der Waals surface area contributed by atoms with E-state index < -0.39 is 0 Å². The number of methoxy groups -OCH3 is 1. The molecule has 15 heavy (non-hydrogen) atoms. The number of hydrogen-bond donors (Lipinski definition) is 1.